The molecule has 1 aromatic carbocycles. The third-order valence-electron chi connectivity index (χ3n) is 6.73. The van der Waals surface area contributed by atoms with Gasteiger partial charge in [0.1, 0.15) is 22.6 Å². The smallest absolute Gasteiger partial charge is 0.410 e. The second-order valence-corrected chi connectivity index (χ2v) is 10.5. The molecule has 2 aliphatic heterocycles. The molecule has 7 nitrogen and oxygen atoms in total. The Morgan fingerprint density at radius 2 is 1.83 bits per heavy atom. The Balaban J connectivity index is 1.63. The van der Waals surface area contributed by atoms with Gasteiger partial charge in [0, 0.05) is 49.9 Å². The fourth-order valence-corrected chi connectivity index (χ4v) is 4.84. The average Bonchev–Trinajstić information content (AvgIpc) is 3.06. The molecule has 36 heavy (non-hydrogen) atoms. The van der Waals surface area contributed by atoms with Gasteiger partial charge in [-0.2, -0.15) is 0 Å². The molecule has 2 aliphatic rings. The van der Waals surface area contributed by atoms with Crippen molar-refractivity contribution in [3.63, 3.8) is 0 Å². The van der Waals surface area contributed by atoms with E-state index in [0.717, 1.165) is 35.3 Å². The quantitative estimate of drug-likeness (QED) is 0.561. The van der Waals surface area contributed by atoms with Crippen LogP contribution in [0, 0.1) is 0 Å². The lowest BCUT2D eigenvalue weighted by Crippen LogP contribution is -2.40. The molecule has 0 saturated carbocycles. The van der Waals surface area contributed by atoms with Gasteiger partial charge in [-0.05, 0) is 71.2 Å². The lowest BCUT2D eigenvalue weighted by molar-refractivity contribution is 0.0243. The Morgan fingerprint density at radius 1 is 1.08 bits per heavy atom. The van der Waals surface area contributed by atoms with Gasteiger partial charge in [0.2, 0.25) is 0 Å². The zero-order valence-corrected chi connectivity index (χ0v) is 22.0. The molecule has 1 saturated heterocycles. The van der Waals surface area contributed by atoms with E-state index in [1.807, 2.05) is 65.0 Å². The number of amides is 2. The van der Waals surface area contributed by atoms with E-state index in [4.69, 9.17) is 9.47 Å². The van der Waals surface area contributed by atoms with Gasteiger partial charge >= 0.3 is 6.09 Å². The van der Waals surface area contributed by atoms with Crippen LogP contribution in [0.1, 0.15) is 75.5 Å². The largest absolute Gasteiger partial charge is 0.482 e. The van der Waals surface area contributed by atoms with E-state index in [0.29, 0.717) is 38.3 Å². The average molecular weight is 492 g/mol. The first kappa shape index (κ1) is 25.7. The Morgan fingerprint density at radius 3 is 2.50 bits per heavy atom. The van der Waals surface area contributed by atoms with Crippen molar-refractivity contribution in [1.29, 1.82) is 0 Å². The molecule has 2 aromatic rings. The minimum atomic E-state index is -0.532. The summed E-state index contributed by atoms with van der Waals surface area (Å²) >= 11 is 0. The maximum atomic E-state index is 12.7. The van der Waals surface area contributed by atoms with E-state index in [1.54, 1.807) is 22.1 Å². The van der Waals surface area contributed by atoms with Gasteiger partial charge in [-0.25, -0.2) is 4.79 Å². The van der Waals surface area contributed by atoms with Crippen LogP contribution in [0.25, 0.3) is 5.57 Å². The number of likely N-dealkylation sites (tertiary alicyclic amines) is 1. The second-order valence-electron chi connectivity index (χ2n) is 10.5. The molecule has 2 amide bonds. The minimum Gasteiger partial charge on any atom is -0.482 e. The van der Waals surface area contributed by atoms with Crippen LogP contribution in [0.4, 0.5) is 4.79 Å². The molecule has 0 N–H and O–H groups in total. The highest BCUT2D eigenvalue weighted by Crippen LogP contribution is 2.43. The molecule has 3 heterocycles. The van der Waals surface area contributed by atoms with Crippen LogP contribution >= 0.6 is 0 Å². The van der Waals surface area contributed by atoms with Crippen molar-refractivity contribution in [2.45, 2.75) is 65.1 Å². The molecule has 1 atom stereocenters. The normalized spacial score (nSPS) is 19.6. The summed E-state index contributed by atoms with van der Waals surface area (Å²) in [6.07, 6.45) is 5.95. The number of nitrogens with zero attached hydrogens (tertiary/aromatic N) is 3. The third kappa shape index (κ3) is 5.55. The summed E-state index contributed by atoms with van der Waals surface area (Å²) < 4.78 is 12.2. The number of rotatable bonds is 4. The SMILES string of the molecule is CCN(CC)C(=O)c1ccc(C2=CC3(CCCN(C(=O)OC(C)(C)C)CC3)Oc3ccccc32)cn1. The standard InChI is InChI=1S/C29H37N3O4/c1-6-31(7-2)26(33)24-14-13-21(20-30-24)23-19-29(35-25-12-9-8-11-22(23)25)15-10-17-32(18-16-29)27(34)36-28(3,4)5/h8-9,11-14,19-20H,6-7,10,15-18H2,1-5H3. The molecule has 1 spiro atoms. The molecule has 7 heteroatoms. The minimum absolute atomic E-state index is 0.0598. The van der Waals surface area contributed by atoms with Crippen molar-refractivity contribution in [3.05, 3.63) is 65.5 Å². The Kier molecular flexibility index (Phi) is 7.38. The zero-order chi connectivity index (χ0) is 25.9. The first-order valence-electron chi connectivity index (χ1n) is 12.9. The van der Waals surface area contributed by atoms with Crippen LogP contribution in [0.3, 0.4) is 0 Å². The molecule has 1 aromatic heterocycles. The van der Waals surface area contributed by atoms with Crippen LogP contribution < -0.4 is 4.74 Å². The number of benzene rings is 1. The topological polar surface area (TPSA) is 72.0 Å². The molecule has 1 fully saturated rings. The van der Waals surface area contributed by atoms with Crippen LogP contribution in [-0.2, 0) is 4.74 Å². The van der Waals surface area contributed by atoms with Gasteiger partial charge in [0.05, 0.1) is 0 Å². The fraction of sp³-hybridized carbons (Fsp3) is 0.483. The maximum absolute atomic E-state index is 12.7. The van der Waals surface area contributed by atoms with E-state index in [9.17, 15) is 9.59 Å². The Labute approximate surface area is 214 Å². The van der Waals surface area contributed by atoms with Gasteiger partial charge < -0.3 is 19.3 Å². The number of para-hydroxylation sites is 1. The number of aromatic nitrogens is 1. The van der Waals surface area contributed by atoms with E-state index >= 15 is 0 Å². The zero-order valence-electron chi connectivity index (χ0n) is 22.0. The van der Waals surface area contributed by atoms with Crippen molar-refractivity contribution in [1.82, 2.24) is 14.8 Å². The van der Waals surface area contributed by atoms with Crippen molar-refractivity contribution in [2.24, 2.45) is 0 Å². The van der Waals surface area contributed by atoms with E-state index in [1.165, 1.54) is 0 Å². The number of ether oxygens (including phenoxy) is 2. The summed E-state index contributed by atoms with van der Waals surface area (Å²) in [6.45, 7) is 12.1. The lowest BCUT2D eigenvalue weighted by Gasteiger charge is -2.36. The molecule has 0 aliphatic carbocycles. The molecule has 4 rings (SSSR count). The van der Waals surface area contributed by atoms with Gasteiger partial charge in [0.25, 0.3) is 5.91 Å². The Bertz CT molecular complexity index is 1130. The van der Waals surface area contributed by atoms with E-state index in [2.05, 4.69) is 11.1 Å². The first-order chi connectivity index (χ1) is 17.1. The maximum Gasteiger partial charge on any atom is 0.410 e. The van der Waals surface area contributed by atoms with E-state index < -0.39 is 11.2 Å². The molecule has 192 valence electrons. The van der Waals surface area contributed by atoms with Crippen LogP contribution in [0.2, 0.25) is 0 Å². The molecule has 0 radical (unpaired) electrons. The predicted molar refractivity (Wildman–Crippen MR) is 140 cm³/mol. The summed E-state index contributed by atoms with van der Waals surface area (Å²) in [4.78, 5) is 33.5. The van der Waals surface area contributed by atoms with Crippen LogP contribution in [0.5, 0.6) is 5.75 Å². The number of pyridine rings is 1. The summed E-state index contributed by atoms with van der Waals surface area (Å²) in [7, 11) is 0. The number of carbonyl (C=O) groups is 2. The molecular formula is C29H37N3O4. The number of hydrogen-bond acceptors (Lipinski definition) is 5. The van der Waals surface area contributed by atoms with Gasteiger partial charge in [-0.15, -0.1) is 0 Å². The van der Waals surface area contributed by atoms with Crippen LogP contribution in [-0.4, -0.2) is 64.2 Å². The highest BCUT2D eigenvalue weighted by atomic mass is 16.6. The molecule has 0 bridgehead atoms. The van der Waals surface area contributed by atoms with Crippen molar-refractivity contribution in [3.8, 4) is 5.75 Å². The summed E-state index contributed by atoms with van der Waals surface area (Å²) in [5, 5.41) is 0. The van der Waals surface area contributed by atoms with E-state index in [-0.39, 0.29) is 12.0 Å². The predicted octanol–water partition coefficient (Wildman–Crippen LogP) is 5.55. The first-order valence-corrected chi connectivity index (χ1v) is 12.9. The monoisotopic (exact) mass is 491 g/mol. The molecule has 1 unspecified atom stereocenters. The van der Waals surface area contributed by atoms with Crippen molar-refractivity contribution < 1.29 is 19.1 Å². The van der Waals surface area contributed by atoms with Crippen molar-refractivity contribution in [2.75, 3.05) is 26.2 Å². The summed E-state index contributed by atoms with van der Waals surface area (Å²) in [5.41, 5.74) is 2.36. The number of hydrogen-bond donors (Lipinski definition) is 0. The fourth-order valence-electron chi connectivity index (χ4n) is 4.84. The lowest BCUT2D eigenvalue weighted by atomic mass is 9.85. The summed E-state index contributed by atoms with van der Waals surface area (Å²) in [6, 6.07) is 11.8. The van der Waals surface area contributed by atoms with Gasteiger partial charge in [-0.3, -0.25) is 9.78 Å². The number of fused-ring (bicyclic) bond motifs is 1. The van der Waals surface area contributed by atoms with Gasteiger partial charge in [0.15, 0.2) is 0 Å². The van der Waals surface area contributed by atoms with Gasteiger partial charge in [-0.1, -0.05) is 24.3 Å². The Hall–Kier alpha value is -3.35. The summed E-state index contributed by atoms with van der Waals surface area (Å²) in [5.74, 6) is 0.763. The third-order valence-corrected chi connectivity index (χ3v) is 6.73. The number of carbonyl (C=O) groups excluding carboxylic acids is 2. The highest BCUT2D eigenvalue weighted by Gasteiger charge is 2.39. The van der Waals surface area contributed by atoms with Crippen LogP contribution in [0.15, 0.2) is 48.7 Å². The highest BCUT2D eigenvalue weighted by molar-refractivity contribution is 5.93. The molecular weight excluding hydrogens is 454 g/mol. The van der Waals surface area contributed by atoms with Crippen molar-refractivity contribution >= 4 is 17.6 Å². The second kappa shape index (κ2) is 10.3.